The number of aliphatic carboxylic acids is 1. The highest BCUT2D eigenvalue weighted by atomic mass is 16.4. The standard InChI is InChI=1S/C13H17NO2/c1-10(13(15)16)4-5-11-6-8-12(9-7-11)14(2)3/h4,6-9H,5H2,1-3H3,(H,15,16)/b10-4+. The van der Waals surface area contributed by atoms with Gasteiger partial charge in [0.15, 0.2) is 0 Å². The van der Waals surface area contributed by atoms with Gasteiger partial charge in [0.05, 0.1) is 0 Å². The molecule has 0 heterocycles. The molecule has 0 atom stereocenters. The second-order valence-corrected chi connectivity index (χ2v) is 3.96. The molecule has 1 rings (SSSR count). The van der Waals surface area contributed by atoms with Crippen molar-refractivity contribution in [3.05, 3.63) is 41.5 Å². The topological polar surface area (TPSA) is 40.5 Å². The largest absolute Gasteiger partial charge is 0.478 e. The number of hydrogen-bond acceptors (Lipinski definition) is 2. The van der Waals surface area contributed by atoms with Crippen LogP contribution >= 0.6 is 0 Å². The first kappa shape index (κ1) is 12.3. The number of carbonyl (C=O) groups is 1. The van der Waals surface area contributed by atoms with Crippen molar-refractivity contribution in [1.29, 1.82) is 0 Å². The number of carboxylic acid groups (broad SMARTS) is 1. The molecule has 1 N–H and O–H groups in total. The van der Waals surface area contributed by atoms with Gasteiger partial charge in [0.2, 0.25) is 0 Å². The summed E-state index contributed by atoms with van der Waals surface area (Å²) >= 11 is 0. The molecule has 16 heavy (non-hydrogen) atoms. The first-order valence-corrected chi connectivity index (χ1v) is 5.17. The van der Waals surface area contributed by atoms with E-state index in [9.17, 15) is 4.79 Å². The molecule has 1 aromatic rings. The molecule has 3 heteroatoms. The van der Waals surface area contributed by atoms with Gasteiger partial charge in [0, 0.05) is 25.4 Å². The van der Waals surface area contributed by atoms with Gasteiger partial charge in [-0.2, -0.15) is 0 Å². The molecule has 3 nitrogen and oxygen atoms in total. The quantitative estimate of drug-likeness (QED) is 0.790. The molecule has 0 saturated carbocycles. The third kappa shape index (κ3) is 3.42. The highest BCUT2D eigenvalue weighted by molar-refractivity contribution is 5.85. The molecule has 0 amide bonds. The van der Waals surface area contributed by atoms with E-state index in [1.54, 1.807) is 13.0 Å². The minimum Gasteiger partial charge on any atom is -0.478 e. The Hall–Kier alpha value is -1.77. The maximum absolute atomic E-state index is 10.6. The average Bonchev–Trinajstić information content (AvgIpc) is 2.26. The summed E-state index contributed by atoms with van der Waals surface area (Å²) in [5.74, 6) is -0.857. The molecule has 0 aromatic heterocycles. The van der Waals surface area contributed by atoms with Crippen LogP contribution in [-0.2, 0) is 11.2 Å². The predicted molar refractivity (Wildman–Crippen MR) is 65.9 cm³/mol. The van der Waals surface area contributed by atoms with Gasteiger partial charge in [-0.25, -0.2) is 4.79 Å². The third-order valence-corrected chi connectivity index (χ3v) is 2.43. The molecule has 0 fully saturated rings. The summed E-state index contributed by atoms with van der Waals surface area (Å²) in [6.07, 6.45) is 2.39. The van der Waals surface area contributed by atoms with Crippen LogP contribution in [0.2, 0.25) is 0 Å². The molecular formula is C13H17NO2. The van der Waals surface area contributed by atoms with Crippen molar-refractivity contribution in [1.82, 2.24) is 0 Å². The molecule has 0 bridgehead atoms. The summed E-state index contributed by atoms with van der Waals surface area (Å²) in [6.45, 7) is 1.61. The van der Waals surface area contributed by atoms with Gasteiger partial charge in [0.1, 0.15) is 0 Å². The van der Waals surface area contributed by atoms with Crippen molar-refractivity contribution < 1.29 is 9.90 Å². The third-order valence-electron chi connectivity index (χ3n) is 2.43. The molecule has 0 aliphatic carbocycles. The van der Waals surface area contributed by atoms with Crippen molar-refractivity contribution >= 4 is 11.7 Å². The fourth-order valence-corrected chi connectivity index (χ4v) is 1.29. The molecule has 0 unspecified atom stereocenters. The number of hydrogen-bond donors (Lipinski definition) is 1. The van der Waals surface area contributed by atoms with Crippen LogP contribution in [-0.4, -0.2) is 25.2 Å². The van der Waals surface area contributed by atoms with E-state index in [0.717, 1.165) is 11.3 Å². The number of carboxylic acids is 1. The Balaban J connectivity index is 2.69. The zero-order valence-electron chi connectivity index (χ0n) is 9.90. The fourth-order valence-electron chi connectivity index (χ4n) is 1.29. The van der Waals surface area contributed by atoms with Crippen LogP contribution < -0.4 is 4.90 Å². The Bertz CT molecular complexity index is 391. The predicted octanol–water partition coefficient (Wildman–Crippen LogP) is 2.33. The minimum atomic E-state index is -0.857. The van der Waals surface area contributed by atoms with Crippen molar-refractivity contribution in [3.8, 4) is 0 Å². The lowest BCUT2D eigenvalue weighted by atomic mass is 10.1. The van der Waals surface area contributed by atoms with Crippen molar-refractivity contribution in [2.45, 2.75) is 13.3 Å². The summed E-state index contributed by atoms with van der Waals surface area (Å²) in [7, 11) is 3.98. The molecule has 0 aliphatic heterocycles. The number of anilines is 1. The monoisotopic (exact) mass is 219 g/mol. The van der Waals surface area contributed by atoms with Crippen molar-refractivity contribution in [3.63, 3.8) is 0 Å². The first-order valence-electron chi connectivity index (χ1n) is 5.17. The van der Waals surface area contributed by atoms with Gasteiger partial charge < -0.3 is 10.0 Å². The second kappa shape index (κ2) is 5.35. The van der Waals surface area contributed by atoms with E-state index in [-0.39, 0.29) is 0 Å². The van der Waals surface area contributed by atoms with Gasteiger partial charge in [-0.05, 0) is 31.0 Å². The van der Waals surface area contributed by atoms with Gasteiger partial charge in [-0.15, -0.1) is 0 Å². The van der Waals surface area contributed by atoms with Crippen LogP contribution in [0.25, 0.3) is 0 Å². The van der Waals surface area contributed by atoms with Crippen LogP contribution in [0.3, 0.4) is 0 Å². The summed E-state index contributed by atoms with van der Waals surface area (Å²) in [6, 6.07) is 8.08. The zero-order valence-corrected chi connectivity index (χ0v) is 9.90. The van der Waals surface area contributed by atoms with Crippen molar-refractivity contribution in [2.24, 2.45) is 0 Å². The van der Waals surface area contributed by atoms with Crippen LogP contribution in [0.5, 0.6) is 0 Å². The maximum Gasteiger partial charge on any atom is 0.330 e. The zero-order chi connectivity index (χ0) is 12.1. The van der Waals surface area contributed by atoms with E-state index in [4.69, 9.17) is 5.11 Å². The number of benzene rings is 1. The molecule has 0 radical (unpaired) electrons. The van der Waals surface area contributed by atoms with E-state index in [2.05, 4.69) is 0 Å². The summed E-state index contributed by atoms with van der Waals surface area (Å²) < 4.78 is 0. The van der Waals surface area contributed by atoms with E-state index >= 15 is 0 Å². The Morgan fingerprint density at radius 2 is 1.88 bits per heavy atom. The smallest absolute Gasteiger partial charge is 0.330 e. The first-order chi connectivity index (χ1) is 7.50. The Kier molecular flexibility index (Phi) is 4.11. The molecule has 0 aliphatic rings. The minimum absolute atomic E-state index is 0.386. The summed E-state index contributed by atoms with van der Waals surface area (Å²) in [4.78, 5) is 12.6. The van der Waals surface area contributed by atoms with E-state index < -0.39 is 5.97 Å². The van der Waals surface area contributed by atoms with E-state index in [1.165, 1.54) is 0 Å². The van der Waals surface area contributed by atoms with E-state index in [1.807, 2.05) is 43.3 Å². The molecule has 0 spiro atoms. The van der Waals surface area contributed by atoms with Gasteiger partial charge in [-0.3, -0.25) is 0 Å². The second-order valence-electron chi connectivity index (χ2n) is 3.96. The van der Waals surface area contributed by atoms with Crippen LogP contribution in [0.4, 0.5) is 5.69 Å². The van der Waals surface area contributed by atoms with E-state index in [0.29, 0.717) is 12.0 Å². The van der Waals surface area contributed by atoms with Crippen LogP contribution in [0, 0.1) is 0 Å². The number of allylic oxidation sites excluding steroid dienone is 1. The van der Waals surface area contributed by atoms with Gasteiger partial charge in [0.25, 0.3) is 0 Å². The normalized spacial score (nSPS) is 11.3. The lowest BCUT2D eigenvalue weighted by molar-refractivity contribution is -0.132. The summed E-state index contributed by atoms with van der Waals surface area (Å²) in [5, 5.41) is 8.70. The lowest BCUT2D eigenvalue weighted by Crippen LogP contribution is -2.08. The highest BCUT2D eigenvalue weighted by Crippen LogP contribution is 2.13. The highest BCUT2D eigenvalue weighted by Gasteiger charge is 1.99. The van der Waals surface area contributed by atoms with Crippen molar-refractivity contribution in [2.75, 3.05) is 19.0 Å². The van der Waals surface area contributed by atoms with Crippen LogP contribution in [0.15, 0.2) is 35.9 Å². The Labute approximate surface area is 96.0 Å². The molecule has 86 valence electrons. The lowest BCUT2D eigenvalue weighted by Gasteiger charge is -2.12. The Morgan fingerprint density at radius 1 is 1.31 bits per heavy atom. The fraction of sp³-hybridized carbons (Fsp3) is 0.308. The summed E-state index contributed by atoms with van der Waals surface area (Å²) in [5.41, 5.74) is 2.64. The van der Waals surface area contributed by atoms with Crippen LogP contribution in [0.1, 0.15) is 12.5 Å². The number of nitrogens with zero attached hydrogens (tertiary/aromatic N) is 1. The SMILES string of the molecule is C/C(=C\Cc1ccc(N(C)C)cc1)C(=O)O. The molecule has 0 saturated heterocycles. The Morgan fingerprint density at radius 3 is 2.31 bits per heavy atom. The van der Waals surface area contributed by atoms with Gasteiger partial charge in [-0.1, -0.05) is 18.2 Å². The molecular weight excluding hydrogens is 202 g/mol. The average molecular weight is 219 g/mol. The number of rotatable bonds is 4. The maximum atomic E-state index is 10.6. The van der Waals surface area contributed by atoms with Gasteiger partial charge >= 0.3 is 5.97 Å². The molecule has 1 aromatic carbocycles.